The lowest BCUT2D eigenvalue weighted by molar-refractivity contribution is -0.114. The molecule has 0 saturated heterocycles. The van der Waals surface area contributed by atoms with Gasteiger partial charge in [-0.25, -0.2) is 0 Å². The Morgan fingerprint density at radius 3 is 2.67 bits per heavy atom. The summed E-state index contributed by atoms with van der Waals surface area (Å²) in [5.74, 6) is 0.456. The summed E-state index contributed by atoms with van der Waals surface area (Å²) in [5.41, 5.74) is 5.66. The van der Waals surface area contributed by atoms with Crippen molar-refractivity contribution in [1.29, 1.82) is 0 Å². The summed E-state index contributed by atoms with van der Waals surface area (Å²) in [6.45, 7) is 2.25. The summed E-state index contributed by atoms with van der Waals surface area (Å²) >= 11 is 0. The topological polar surface area (TPSA) is 52.3 Å². The lowest BCUT2D eigenvalue weighted by Crippen LogP contribution is -2.11. The van der Waals surface area contributed by atoms with Crippen LogP contribution in [0.5, 0.6) is 5.75 Å². The SMILES string of the molecule is CC(=CCCOc1ccccc1)C(N)=O. The van der Waals surface area contributed by atoms with E-state index in [2.05, 4.69) is 0 Å². The number of carbonyl (C=O) groups excluding carboxylic acids is 1. The Morgan fingerprint density at radius 2 is 2.07 bits per heavy atom. The van der Waals surface area contributed by atoms with Crippen LogP contribution in [0.15, 0.2) is 42.0 Å². The van der Waals surface area contributed by atoms with Gasteiger partial charge in [0.15, 0.2) is 0 Å². The lowest BCUT2D eigenvalue weighted by atomic mass is 10.2. The van der Waals surface area contributed by atoms with Gasteiger partial charge in [0.05, 0.1) is 6.61 Å². The number of carbonyl (C=O) groups is 1. The first kappa shape index (κ1) is 11.3. The van der Waals surface area contributed by atoms with E-state index in [-0.39, 0.29) is 5.91 Å². The summed E-state index contributed by atoms with van der Waals surface area (Å²) in [6, 6.07) is 9.55. The zero-order valence-corrected chi connectivity index (χ0v) is 8.77. The molecule has 0 aliphatic carbocycles. The van der Waals surface area contributed by atoms with E-state index in [0.29, 0.717) is 18.6 Å². The third-order valence-corrected chi connectivity index (χ3v) is 1.97. The maximum atomic E-state index is 10.7. The fourth-order valence-electron chi connectivity index (χ4n) is 1.07. The quantitative estimate of drug-likeness (QED) is 0.589. The van der Waals surface area contributed by atoms with Gasteiger partial charge in [0.1, 0.15) is 5.75 Å². The first-order valence-corrected chi connectivity index (χ1v) is 4.84. The van der Waals surface area contributed by atoms with E-state index < -0.39 is 0 Å². The van der Waals surface area contributed by atoms with Crippen molar-refractivity contribution in [3.8, 4) is 5.75 Å². The lowest BCUT2D eigenvalue weighted by Gasteiger charge is -2.03. The molecule has 0 unspecified atom stereocenters. The molecule has 1 aromatic rings. The normalized spacial score (nSPS) is 11.1. The first-order valence-electron chi connectivity index (χ1n) is 4.84. The molecule has 3 heteroatoms. The fraction of sp³-hybridized carbons (Fsp3) is 0.250. The van der Waals surface area contributed by atoms with Crippen LogP contribution in [-0.2, 0) is 4.79 Å². The number of ether oxygens (including phenoxy) is 1. The highest BCUT2D eigenvalue weighted by molar-refractivity contribution is 5.91. The number of rotatable bonds is 5. The third kappa shape index (κ3) is 4.31. The Labute approximate surface area is 89.5 Å². The Bertz CT molecular complexity index is 344. The summed E-state index contributed by atoms with van der Waals surface area (Å²) in [5, 5.41) is 0. The van der Waals surface area contributed by atoms with Crippen molar-refractivity contribution < 1.29 is 9.53 Å². The van der Waals surface area contributed by atoms with Crippen molar-refractivity contribution in [1.82, 2.24) is 0 Å². The Morgan fingerprint density at radius 1 is 1.40 bits per heavy atom. The molecule has 0 atom stereocenters. The number of nitrogens with two attached hydrogens (primary N) is 1. The Hall–Kier alpha value is -1.77. The molecular formula is C12H15NO2. The fourth-order valence-corrected chi connectivity index (χ4v) is 1.07. The van der Waals surface area contributed by atoms with E-state index in [1.807, 2.05) is 30.3 Å². The predicted octanol–water partition coefficient (Wildman–Crippen LogP) is 1.89. The van der Waals surface area contributed by atoms with Crippen molar-refractivity contribution in [3.63, 3.8) is 0 Å². The van der Waals surface area contributed by atoms with Crippen LogP contribution in [0.25, 0.3) is 0 Å². The second-order valence-corrected chi connectivity index (χ2v) is 3.20. The molecule has 80 valence electrons. The van der Waals surface area contributed by atoms with Gasteiger partial charge in [0.2, 0.25) is 5.91 Å². The van der Waals surface area contributed by atoms with Crippen molar-refractivity contribution >= 4 is 5.91 Å². The van der Waals surface area contributed by atoms with Crippen LogP contribution in [-0.4, -0.2) is 12.5 Å². The molecule has 0 heterocycles. The van der Waals surface area contributed by atoms with Crippen LogP contribution >= 0.6 is 0 Å². The van der Waals surface area contributed by atoms with E-state index in [0.717, 1.165) is 5.75 Å². The number of amides is 1. The van der Waals surface area contributed by atoms with Gasteiger partial charge in [-0.3, -0.25) is 4.79 Å². The molecule has 0 aliphatic heterocycles. The van der Waals surface area contributed by atoms with Crippen LogP contribution < -0.4 is 10.5 Å². The molecule has 15 heavy (non-hydrogen) atoms. The first-order chi connectivity index (χ1) is 7.20. The molecule has 0 radical (unpaired) electrons. The van der Waals surface area contributed by atoms with Crippen molar-refractivity contribution in [2.45, 2.75) is 13.3 Å². The maximum absolute atomic E-state index is 10.7. The van der Waals surface area contributed by atoms with Gasteiger partial charge in [-0.2, -0.15) is 0 Å². The third-order valence-electron chi connectivity index (χ3n) is 1.97. The minimum Gasteiger partial charge on any atom is -0.493 e. The second kappa shape index (κ2) is 5.86. The highest BCUT2D eigenvalue weighted by atomic mass is 16.5. The van der Waals surface area contributed by atoms with Crippen LogP contribution in [0, 0.1) is 0 Å². The molecule has 3 nitrogen and oxygen atoms in total. The largest absolute Gasteiger partial charge is 0.493 e. The van der Waals surface area contributed by atoms with Crippen molar-refractivity contribution in [2.75, 3.05) is 6.61 Å². The number of primary amides is 1. The zero-order chi connectivity index (χ0) is 11.1. The van der Waals surface area contributed by atoms with Crippen molar-refractivity contribution in [3.05, 3.63) is 42.0 Å². The van der Waals surface area contributed by atoms with Gasteiger partial charge in [-0.15, -0.1) is 0 Å². The number of hydrogen-bond donors (Lipinski definition) is 1. The van der Waals surface area contributed by atoms with Gasteiger partial charge in [-0.05, 0) is 19.1 Å². The predicted molar refractivity (Wildman–Crippen MR) is 59.5 cm³/mol. The molecule has 0 aliphatic rings. The molecule has 0 fully saturated rings. The van der Waals surface area contributed by atoms with E-state index in [1.54, 1.807) is 13.0 Å². The van der Waals surface area contributed by atoms with Crippen LogP contribution in [0.4, 0.5) is 0 Å². The summed E-state index contributed by atoms with van der Waals surface area (Å²) in [4.78, 5) is 10.7. The number of hydrogen-bond acceptors (Lipinski definition) is 2. The van der Waals surface area contributed by atoms with Gasteiger partial charge in [-0.1, -0.05) is 24.3 Å². The average Bonchev–Trinajstić information content (AvgIpc) is 2.25. The van der Waals surface area contributed by atoms with E-state index in [9.17, 15) is 4.79 Å². The van der Waals surface area contributed by atoms with E-state index >= 15 is 0 Å². The number of benzene rings is 1. The minimum absolute atomic E-state index is 0.380. The van der Waals surface area contributed by atoms with Gasteiger partial charge in [0, 0.05) is 12.0 Å². The van der Waals surface area contributed by atoms with Crippen LogP contribution in [0.3, 0.4) is 0 Å². The molecule has 0 aromatic heterocycles. The molecule has 1 aromatic carbocycles. The highest BCUT2D eigenvalue weighted by Gasteiger charge is 1.95. The standard InChI is InChI=1S/C12H15NO2/c1-10(12(13)14)6-5-9-15-11-7-3-2-4-8-11/h2-4,6-8H,5,9H2,1H3,(H2,13,14). The molecule has 0 spiro atoms. The monoisotopic (exact) mass is 205 g/mol. The molecule has 1 rings (SSSR count). The molecular weight excluding hydrogens is 190 g/mol. The van der Waals surface area contributed by atoms with E-state index in [1.165, 1.54) is 0 Å². The van der Waals surface area contributed by atoms with Crippen molar-refractivity contribution in [2.24, 2.45) is 5.73 Å². The zero-order valence-electron chi connectivity index (χ0n) is 8.77. The van der Waals surface area contributed by atoms with Crippen LogP contribution in [0.1, 0.15) is 13.3 Å². The molecule has 2 N–H and O–H groups in total. The van der Waals surface area contributed by atoms with Crippen LogP contribution in [0.2, 0.25) is 0 Å². The number of para-hydroxylation sites is 1. The molecule has 0 bridgehead atoms. The molecule has 0 saturated carbocycles. The van der Waals surface area contributed by atoms with E-state index in [4.69, 9.17) is 10.5 Å². The highest BCUT2D eigenvalue weighted by Crippen LogP contribution is 2.08. The average molecular weight is 205 g/mol. The molecule has 1 amide bonds. The summed E-state index contributed by atoms with van der Waals surface area (Å²) in [7, 11) is 0. The summed E-state index contributed by atoms with van der Waals surface area (Å²) in [6.07, 6.45) is 2.47. The summed E-state index contributed by atoms with van der Waals surface area (Å²) < 4.78 is 5.44. The Kier molecular flexibility index (Phi) is 4.41. The van der Waals surface area contributed by atoms with Gasteiger partial charge in [0.25, 0.3) is 0 Å². The van der Waals surface area contributed by atoms with Gasteiger partial charge >= 0.3 is 0 Å². The Balaban J connectivity index is 2.29. The minimum atomic E-state index is -0.380. The maximum Gasteiger partial charge on any atom is 0.244 e. The second-order valence-electron chi connectivity index (χ2n) is 3.20. The van der Waals surface area contributed by atoms with Gasteiger partial charge < -0.3 is 10.5 Å². The smallest absolute Gasteiger partial charge is 0.244 e.